The molecule has 0 aliphatic carbocycles. The van der Waals surface area contributed by atoms with Crippen LogP contribution in [0.4, 0.5) is 8.78 Å². The number of halogens is 2. The van der Waals surface area contributed by atoms with E-state index in [1.165, 1.54) is 0 Å². The van der Waals surface area contributed by atoms with Crippen molar-refractivity contribution in [2.45, 2.75) is 13.0 Å². The second-order valence-corrected chi connectivity index (χ2v) is 4.76. The molecule has 0 aliphatic heterocycles. The molecular weight excluding hydrogens is 276 g/mol. The molecule has 2 aromatic rings. The van der Waals surface area contributed by atoms with Gasteiger partial charge in [0.25, 0.3) is 5.91 Å². The molecule has 2 aromatic carbocycles. The molecule has 2 rings (SSSR count). The van der Waals surface area contributed by atoms with Gasteiger partial charge in [0, 0.05) is 12.6 Å². The summed E-state index contributed by atoms with van der Waals surface area (Å²) in [6.07, 6.45) is -0.891. The van der Waals surface area contributed by atoms with Crippen LogP contribution in [0.25, 0.3) is 0 Å². The molecule has 1 amide bonds. The molecule has 2 N–H and O–H groups in total. The summed E-state index contributed by atoms with van der Waals surface area (Å²) in [7, 11) is 0. The molecule has 0 unspecified atom stereocenters. The molecule has 0 radical (unpaired) electrons. The van der Waals surface area contributed by atoms with Crippen molar-refractivity contribution in [2.75, 3.05) is 6.54 Å². The third kappa shape index (κ3) is 3.86. The van der Waals surface area contributed by atoms with Crippen molar-refractivity contribution >= 4 is 5.91 Å². The number of benzene rings is 2. The third-order valence-electron chi connectivity index (χ3n) is 3.09. The summed E-state index contributed by atoms with van der Waals surface area (Å²) in [5, 5.41) is 12.4. The van der Waals surface area contributed by atoms with E-state index in [9.17, 15) is 18.7 Å². The van der Waals surface area contributed by atoms with Gasteiger partial charge in [-0.1, -0.05) is 29.8 Å². The highest BCUT2D eigenvalue weighted by molar-refractivity contribution is 5.94. The first-order valence-corrected chi connectivity index (χ1v) is 6.45. The Morgan fingerprint density at radius 3 is 2.48 bits per heavy atom. The largest absolute Gasteiger partial charge is 0.387 e. The third-order valence-corrected chi connectivity index (χ3v) is 3.09. The second-order valence-electron chi connectivity index (χ2n) is 4.76. The van der Waals surface area contributed by atoms with Crippen molar-refractivity contribution in [1.29, 1.82) is 0 Å². The summed E-state index contributed by atoms with van der Waals surface area (Å²) in [5.41, 5.74) is 1.45. The highest BCUT2D eigenvalue weighted by Gasteiger charge is 2.14. The Hall–Kier alpha value is -2.27. The molecular formula is C16H15F2NO2. The molecule has 0 aromatic heterocycles. The predicted molar refractivity (Wildman–Crippen MR) is 74.8 cm³/mol. The van der Waals surface area contributed by atoms with E-state index >= 15 is 0 Å². The van der Waals surface area contributed by atoms with Crippen molar-refractivity contribution in [1.82, 2.24) is 5.32 Å². The molecule has 0 saturated heterocycles. The Morgan fingerprint density at radius 1 is 1.19 bits per heavy atom. The number of aliphatic hydroxyl groups is 1. The maximum Gasteiger partial charge on any atom is 0.254 e. The quantitative estimate of drug-likeness (QED) is 0.910. The lowest BCUT2D eigenvalue weighted by molar-refractivity contribution is 0.0912. The molecule has 5 heteroatoms. The SMILES string of the molecule is Cc1ccc([C@@H](O)CNC(=O)c2ccc(F)cc2F)cc1. The first kappa shape index (κ1) is 15.1. The predicted octanol–water partition coefficient (Wildman–Crippen LogP) is 2.74. The van der Waals surface area contributed by atoms with Gasteiger partial charge in [0.2, 0.25) is 0 Å². The smallest absolute Gasteiger partial charge is 0.254 e. The highest BCUT2D eigenvalue weighted by atomic mass is 19.1. The zero-order valence-electron chi connectivity index (χ0n) is 11.4. The maximum atomic E-state index is 13.4. The molecule has 0 aliphatic rings. The number of amides is 1. The van der Waals surface area contributed by atoms with E-state index in [1.807, 2.05) is 19.1 Å². The normalized spacial score (nSPS) is 12.0. The van der Waals surface area contributed by atoms with Crippen LogP contribution in [0.1, 0.15) is 27.6 Å². The standard InChI is InChI=1S/C16H15F2NO2/c1-10-2-4-11(5-3-10)15(20)9-19-16(21)13-7-6-12(17)8-14(13)18/h2-8,15,20H,9H2,1H3,(H,19,21)/t15-/m0/s1. The van der Waals surface area contributed by atoms with E-state index in [0.717, 1.165) is 17.7 Å². The number of hydrogen-bond acceptors (Lipinski definition) is 2. The van der Waals surface area contributed by atoms with Gasteiger partial charge in [0.15, 0.2) is 0 Å². The summed E-state index contributed by atoms with van der Waals surface area (Å²) in [6.45, 7) is 1.87. The molecule has 0 fully saturated rings. The molecule has 0 bridgehead atoms. The molecule has 0 heterocycles. The molecule has 21 heavy (non-hydrogen) atoms. The fourth-order valence-electron chi connectivity index (χ4n) is 1.86. The molecule has 1 atom stereocenters. The van der Waals surface area contributed by atoms with E-state index in [-0.39, 0.29) is 12.1 Å². The number of nitrogens with one attached hydrogen (secondary N) is 1. The minimum atomic E-state index is -0.933. The summed E-state index contributed by atoms with van der Waals surface area (Å²) in [6, 6.07) is 9.92. The van der Waals surface area contributed by atoms with Gasteiger partial charge in [-0.25, -0.2) is 8.78 Å². The van der Waals surface area contributed by atoms with E-state index in [4.69, 9.17) is 0 Å². The molecule has 3 nitrogen and oxygen atoms in total. The lowest BCUT2D eigenvalue weighted by Crippen LogP contribution is -2.29. The van der Waals surface area contributed by atoms with Gasteiger partial charge >= 0.3 is 0 Å². The van der Waals surface area contributed by atoms with Crippen molar-refractivity contribution in [2.24, 2.45) is 0 Å². The number of aliphatic hydroxyl groups excluding tert-OH is 1. The number of carbonyl (C=O) groups is 1. The lowest BCUT2D eigenvalue weighted by Gasteiger charge is -2.13. The minimum absolute atomic E-state index is 0.0568. The topological polar surface area (TPSA) is 49.3 Å². The van der Waals surface area contributed by atoms with Crippen LogP contribution < -0.4 is 5.32 Å². The van der Waals surface area contributed by atoms with E-state index in [1.54, 1.807) is 12.1 Å². The van der Waals surface area contributed by atoms with Crippen LogP contribution in [0.15, 0.2) is 42.5 Å². The molecule has 0 saturated carbocycles. The first-order chi connectivity index (χ1) is 9.97. The van der Waals surface area contributed by atoms with Gasteiger partial charge in [-0.3, -0.25) is 4.79 Å². The van der Waals surface area contributed by atoms with E-state index in [0.29, 0.717) is 11.6 Å². The maximum absolute atomic E-state index is 13.4. The first-order valence-electron chi connectivity index (χ1n) is 6.45. The highest BCUT2D eigenvalue weighted by Crippen LogP contribution is 2.14. The van der Waals surface area contributed by atoms with Crippen molar-refractivity contribution in [3.63, 3.8) is 0 Å². The van der Waals surface area contributed by atoms with Gasteiger partial charge in [-0.2, -0.15) is 0 Å². The van der Waals surface area contributed by atoms with Crippen LogP contribution >= 0.6 is 0 Å². The lowest BCUT2D eigenvalue weighted by atomic mass is 10.1. The number of carbonyl (C=O) groups excluding carboxylic acids is 1. The van der Waals surface area contributed by atoms with Crippen LogP contribution in [0, 0.1) is 18.6 Å². The number of aryl methyl sites for hydroxylation is 1. The monoisotopic (exact) mass is 291 g/mol. The van der Waals surface area contributed by atoms with E-state index < -0.39 is 23.6 Å². The Kier molecular flexibility index (Phi) is 4.65. The van der Waals surface area contributed by atoms with Gasteiger partial charge < -0.3 is 10.4 Å². The van der Waals surface area contributed by atoms with Gasteiger partial charge in [-0.15, -0.1) is 0 Å². The minimum Gasteiger partial charge on any atom is -0.387 e. The Morgan fingerprint density at radius 2 is 1.86 bits per heavy atom. The average molecular weight is 291 g/mol. The van der Waals surface area contributed by atoms with Gasteiger partial charge in [-0.05, 0) is 24.6 Å². The van der Waals surface area contributed by atoms with Crippen LogP contribution in [0.2, 0.25) is 0 Å². The van der Waals surface area contributed by atoms with Crippen molar-refractivity contribution in [3.8, 4) is 0 Å². The Bertz CT molecular complexity index is 641. The molecule has 110 valence electrons. The summed E-state index contributed by atoms with van der Waals surface area (Å²) in [5.74, 6) is -2.38. The van der Waals surface area contributed by atoms with Crippen LogP contribution in [-0.2, 0) is 0 Å². The van der Waals surface area contributed by atoms with Crippen molar-refractivity contribution in [3.05, 3.63) is 70.8 Å². The second kappa shape index (κ2) is 6.45. The fraction of sp³-hybridized carbons (Fsp3) is 0.188. The van der Waals surface area contributed by atoms with Crippen LogP contribution in [0.5, 0.6) is 0 Å². The van der Waals surface area contributed by atoms with Crippen LogP contribution in [-0.4, -0.2) is 17.6 Å². The Balaban J connectivity index is 1.99. The van der Waals surface area contributed by atoms with Crippen LogP contribution in [0.3, 0.4) is 0 Å². The Labute approximate surface area is 121 Å². The molecule has 0 spiro atoms. The fourth-order valence-corrected chi connectivity index (χ4v) is 1.86. The number of hydrogen-bond donors (Lipinski definition) is 2. The van der Waals surface area contributed by atoms with Gasteiger partial charge in [0.1, 0.15) is 11.6 Å². The summed E-state index contributed by atoms with van der Waals surface area (Å²) < 4.78 is 26.2. The number of rotatable bonds is 4. The summed E-state index contributed by atoms with van der Waals surface area (Å²) >= 11 is 0. The van der Waals surface area contributed by atoms with E-state index in [2.05, 4.69) is 5.32 Å². The average Bonchev–Trinajstić information content (AvgIpc) is 2.45. The van der Waals surface area contributed by atoms with Crippen molar-refractivity contribution < 1.29 is 18.7 Å². The zero-order valence-corrected chi connectivity index (χ0v) is 11.4. The zero-order chi connectivity index (χ0) is 15.4. The summed E-state index contributed by atoms with van der Waals surface area (Å²) in [4.78, 5) is 11.8. The van der Waals surface area contributed by atoms with Gasteiger partial charge in [0.05, 0.1) is 11.7 Å².